The van der Waals surface area contributed by atoms with E-state index in [0.717, 1.165) is 25.9 Å². The molecule has 0 bridgehead atoms. The maximum absolute atomic E-state index is 12.5. The second kappa shape index (κ2) is 8.71. The predicted octanol–water partition coefficient (Wildman–Crippen LogP) is 1.47. The zero-order valence-corrected chi connectivity index (χ0v) is 18.1. The summed E-state index contributed by atoms with van der Waals surface area (Å²) in [7, 11) is -3.43. The maximum atomic E-state index is 12.5. The Morgan fingerprint density at radius 1 is 1.13 bits per heavy atom. The van der Waals surface area contributed by atoms with E-state index in [2.05, 4.69) is 14.9 Å². The molecule has 0 radical (unpaired) electrons. The third kappa shape index (κ3) is 4.63. The number of likely N-dealkylation sites (tertiary alicyclic amines) is 1. The third-order valence-corrected chi connectivity index (χ3v) is 7.03. The summed E-state index contributed by atoms with van der Waals surface area (Å²) in [6.07, 6.45) is 12.5. The zero-order valence-electron chi connectivity index (χ0n) is 17.3. The number of sulfone groups is 1. The lowest BCUT2D eigenvalue weighted by Crippen LogP contribution is -2.40. The minimum atomic E-state index is -3.43. The van der Waals surface area contributed by atoms with Crippen molar-refractivity contribution in [3.63, 3.8) is 0 Å². The zero-order chi connectivity index (χ0) is 21.1. The Balaban J connectivity index is 1.50. The lowest BCUT2D eigenvalue weighted by Gasteiger charge is -2.33. The van der Waals surface area contributed by atoms with Crippen LogP contribution in [-0.2, 0) is 21.2 Å². The molecule has 2 saturated heterocycles. The summed E-state index contributed by atoms with van der Waals surface area (Å²) in [5.74, 6) is 0.667. The molecule has 0 N–H and O–H groups in total. The van der Waals surface area contributed by atoms with Gasteiger partial charge in [-0.1, -0.05) is 0 Å². The standard InChI is InChI=1S/C20H28N6O3S/c1-30(28,29)17-13-22-20(26-8-3-2-4-9-26)23-19(17)16-5-10-25(11-6-16)18(27)14-24-12-7-21-15-24/h7,12-13,15-16H,2-6,8-11,14H2,1H3. The van der Waals surface area contributed by atoms with Crippen LogP contribution in [0.5, 0.6) is 0 Å². The molecule has 162 valence electrons. The Morgan fingerprint density at radius 3 is 2.50 bits per heavy atom. The van der Waals surface area contributed by atoms with Crippen molar-refractivity contribution in [3.05, 3.63) is 30.6 Å². The van der Waals surface area contributed by atoms with Gasteiger partial charge in [0.1, 0.15) is 11.4 Å². The van der Waals surface area contributed by atoms with Crippen molar-refractivity contribution in [3.8, 4) is 0 Å². The van der Waals surface area contributed by atoms with E-state index in [9.17, 15) is 13.2 Å². The first kappa shape index (κ1) is 20.8. The lowest BCUT2D eigenvalue weighted by atomic mass is 9.93. The highest BCUT2D eigenvalue weighted by Gasteiger charge is 2.30. The SMILES string of the molecule is CS(=O)(=O)c1cnc(N2CCCCC2)nc1C1CCN(C(=O)Cn2ccnc2)CC1. The summed E-state index contributed by atoms with van der Waals surface area (Å²) in [6, 6.07) is 0. The van der Waals surface area contributed by atoms with Crippen LogP contribution in [-0.4, -0.2) is 71.2 Å². The molecule has 2 aromatic rings. The molecular formula is C20H28N6O3S. The number of carbonyl (C=O) groups excluding carboxylic acids is 1. The maximum Gasteiger partial charge on any atom is 0.242 e. The topological polar surface area (TPSA) is 101 Å². The van der Waals surface area contributed by atoms with E-state index in [4.69, 9.17) is 4.98 Å². The van der Waals surface area contributed by atoms with Crippen molar-refractivity contribution >= 4 is 21.7 Å². The van der Waals surface area contributed by atoms with E-state index >= 15 is 0 Å². The Morgan fingerprint density at radius 2 is 1.87 bits per heavy atom. The van der Waals surface area contributed by atoms with Crippen LogP contribution in [0.1, 0.15) is 43.7 Å². The highest BCUT2D eigenvalue weighted by Crippen LogP contribution is 2.32. The van der Waals surface area contributed by atoms with Gasteiger partial charge in [-0.3, -0.25) is 4.79 Å². The Kier molecular flexibility index (Phi) is 6.03. The van der Waals surface area contributed by atoms with Gasteiger partial charge in [0.2, 0.25) is 11.9 Å². The average Bonchev–Trinajstić information content (AvgIpc) is 3.26. The normalized spacial score (nSPS) is 18.6. The number of imidazole rings is 1. The van der Waals surface area contributed by atoms with Gasteiger partial charge in [-0.15, -0.1) is 0 Å². The number of nitrogens with zero attached hydrogens (tertiary/aromatic N) is 6. The summed E-state index contributed by atoms with van der Waals surface area (Å²) in [5.41, 5.74) is 0.606. The first-order valence-corrected chi connectivity index (χ1v) is 12.4. The van der Waals surface area contributed by atoms with E-state index in [-0.39, 0.29) is 23.3 Å². The predicted molar refractivity (Wildman–Crippen MR) is 112 cm³/mol. The second-order valence-electron chi connectivity index (χ2n) is 8.13. The van der Waals surface area contributed by atoms with Crippen molar-refractivity contribution < 1.29 is 13.2 Å². The smallest absolute Gasteiger partial charge is 0.242 e. The van der Waals surface area contributed by atoms with Gasteiger partial charge in [0.25, 0.3) is 0 Å². The number of rotatable bonds is 5. The van der Waals surface area contributed by atoms with E-state index in [1.165, 1.54) is 18.9 Å². The molecule has 9 nitrogen and oxygen atoms in total. The van der Waals surface area contributed by atoms with Crippen LogP contribution in [0.2, 0.25) is 0 Å². The number of hydrogen-bond donors (Lipinski definition) is 0. The van der Waals surface area contributed by atoms with Gasteiger partial charge < -0.3 is 14.4 Å². The van der Waals surface area contributed by atoms with Crippen LogP contribution in [0.25, 0.3) is 0 Å². The molecule has 0 spiro atoms. The van der Waals surface area contributed by atoms with Gasteiger partial charge in [-0.25, -0.2) is 23.4 Å². The fourth-order valence-electron chi connectivity index (χ4n) is 4.24. The number of aromatic nitrogens is 4. The number of piperidine rings is 2. The van der Waals surface area contributed by atoms with Crippen LogP contribution in [0, 0.1) is 0 Å². The monoisotopic (exact) mass is 432 g/mol. The van der Waals surface area contributed by atoms with Crippen LogP contribution in [0.4, 0.5) is 5.95 Å². The first-order chi connectivity index (χ1) is 14.4. The fraction of sp³-hybridized carbons (Fsp3) is 0.600. The molecule has 0 aromatic carbocycles. The molecule has 4 rings (SSSR count). The van der Waals surface area contributed by atoms with Gasteiger partial charge in [0.05, 0.1) is 18.2 Å². The molecule has 0 aliphatic carbocycles. The van der Waals surface area contributed by atoms with E-state index in [0.29, 0.717) is 37.6 Å². The molecule has 0 saturated carbocycles. The molecular weight excluding hydrogens is 404 g/mol. The highest BCUT2D eigenvalue weighted by molar-refractivity contribution is 7.90. The van der Waals surface area contributed by atoms with E-state index in [1.54, 1.807) is 23.3 Å². The van der Waals surface area contributed by atoms with E-state index < -0.39 is 9.84 Å². The van der Waals surface area contributed by atoms with Crippen molar-refractivity contribution in [1.29, 1.82) is 0 Å². The fourth-order valence-corrected chi connectivity index (χ4v) is 5.07. The first-order valence-electron chi connectivity index (χ1n) is 10.5. The summed E-state index contributed by atoms with van der Waals surface area (Å²) in [6.45, 7) is 3.25. The minimum absolute atomic E-state index is 0.00133. The van der Waals surface area contributed by atoms with Gasteiger partial charge >= 0.3 is 0 Å². The van der Waals surface area contributed by atoms with Gasteiger partial charge in [-0.2, -0.15) is 0 Å². The molecule has 2 aliphatic heterocycles. The van der Waals surface area contributed by atoms with Crippen LogP contribution in [0.3, 0.4) is 0 Å². The molecule has 2 aromatic heterocycles. The molecule has 30 heavy (non-hydrogen) atoms. The van der Waals surface area contributed by atoms with Crippen LogP contribution < -0.4 is 4.90 Å². The van der Waals surface area contributed by atoms with Crippen molar-refractivity contribution in [2.75, 3.05) is 37.3 Å². The van der Waals surface area contributed by atoms with Crippen LogP contribution in [0.15, 0.2) is 29.8 Å². The average molecular weight is 433 g/mol. The molecule has 0 atom stereocenters. The Hall–Kier alpha value is -2.49. The van der Waals surface area contributed by atoms with Gasteiger partial charge in [0.15, 0.2) is 9.84 Å². The van der Waals surface area contributed by atoms with Crippen LogP contribution >= 0.6 is 0 Å². The van der Waals surface area contributed by atoms with Crippen molar-refractivity contribution in [2.24, 2.45) is 0 Å². The molecule has 4 heterocycles. The summed E-state index contributed by atoms with van der Waals surface area (Å²) >= 11 is 0. The molecule has 10 heteroatoms. The summed E-state index contributed by atoms with van der Waals surface area (Å²) in [4.78, 5) is 29.8. The second-order valence-corrected chi connectivity index (χ2v) is 10.1. The summed E-state index contributed by atoms with van der Waals surface area (Å²) in [5, 5.41) is 0. The van der Waals surface area contributed by atoms with Gasteiger partial charge in [-0.05, 0) is 32.1 Å². The molecule has 2 aliphatic rings. The number of anilines is 1. The quantitative estimate of drug-likeness (QED) is 0.705. The van der Waals surface area contributed by atoms with Crippen molar-refractivity contribution in [2.45, 2.75) is 49.5 Å². The lowest BCUT2D eigenvalue weighted by molar-refractivity contribution is -0.132. The molecule has 0 unspecified atom stereocenters. The third-order valence-electron chi connectivity index (χ3n) is 5.92. The number of hydrogen-bond acceptors (Lipinski definition) is 7. The molecule has 1 amide bonds. The Labute approximate surface area is 177 Å². The summed E-state index contributed by atoms with van der Waals surface area (Å²) < 4.78 is 26.5. The van der Waals surface area contributed by atoms with Gasteiger partial charge in [0, 0.05) is 50.7 Å². The largest absolute Gasteiger partial charge is 0.341 e. The Bertz CT molecular complexity index is 978. The molecule has 2 fully saturated rings. The highest BCUT2D eigenvalue weighted by atomic mass is 32.2. The number of carbonyl (C=O) groups is 1. The number of amides is 1. The van der Waals surface area contributed by atoms with E-state index in [1.807, 2.05) is 4.90 Å². The van der Waals surface area contributed by atoms with Crippen molar-refractivity contribution in [1.82, 2.24) is 24.4 Å². The minimum Gasteiger partial charge on any atom is -0.341 e.